The first-order chi connectivity index (χ1) is 9.60. The van der Waals surface area contributed by atoms with E-state index < -0.39 is 5.97 Å². The van der Waals surface area contributed by atoms with Crippen molar-refractivity contribution in [2.45, 2.75) is 13.5 Å². The van der Waals surface area contributed by atoms with Gasteiger partial charge in [-0.15, -0.1) is 0 Å². The number of esters is 1. The second-order valence-corrected chi connectivity index (χ2v) is 4.46. The summed E-state index contributed by atoms with van der Waals surface area (Å²) in [6, 6.07) is 14.0. The van der Waals surface area contributed by atoms with Crippen LogP contribution in [-0.4, -0.2) is 5.97 Å². The number of nitrogens with two attached hydrogens (primary N) is 1. The number of ether oxygens (including phenoxy) is 1. The fraction of sp³-hybridized carbons (Fsp3) is 0.125. The summed E-state index contributed by atoms with van der Waals surface area (Å²) < 4.78 is 5.22. The molecular formula is C16H14N2O2. The van der Waals surface area contributed by atoms with Crippen LogP contribution in [0.2, 0.25) is 0 Å². The molecule has 0 aliphatic carbocycles. The Bertz CT molecular complexity index is 670. The van der Waals surface area contributed by atoms with Crippen LogP contribution in [0.4, 0.5) is 5.69 Å². The zero-order valence-corrected chi connectivity index (χ0v) is 11.1. The van der Waals surface area contributed by atoms with Crippen LogP contribution in [0, 0.1) is 18.3 Å². The molecule has 0 amide bonds. The molecule has 2 rings (SSSR count). The number of rotatable bonds is 3. The number of anilines is 1. The Morgan fingerprint density at radius 3 is 2.55 bits per heavy atom. The van der Waals surface area contributed by atoms with Gasteiger partial charge in [0.15, 0.2) is 0 Å². The Hall–Kier alpha value is -2.80. The molecule has 0 aliphatic rings. The van der Waals surface area contributed by atoms with Crippen molar-refractivity contribution in [2.75, 3.05) is 5.73 Å². The van der Waals surface area contributed by atoms with E-state index in [9.17, 15) is 4.79 Å². The van der Waals surface area contributed by atoms with Gasteiger partial charge in [0.05, 0.1) is 17.2 Å². The molecule has 2 N–H and O–H groups in total. The summed E-state index contributed by atoms with van der Waals surface area (Å²) in [6.07, 6.45) is 0. The zero-order chi connectivity index (χ0) is 14.5. The molecule has 2 aromatic carbocycles. The van der Waals surface area contributed by atoms with Gasteiger partial charge in [0, 0.05) is 5.69 Å². The van der Waals surface area contributed by atoms with E-state index in [1.165, 1.54) is 0 Å². The number of nitriles is 1. The van der Waals surface area contributed by atoms with Crippen molar-refractivity contribution in [3.05, 3.63) is 64.7 Å². The van der Waals surface area contributed by atoms with Crippen molar-refractivity contribution in [1.82, 2.24) is 0 Å². The molecular weight excluding hydrogens is 252 g/mol. The van der Waals surface area contributed by atoms with E-state index in [-0.39, 0.29) is 6.61 Å². The van der Waals surface area contributed by atoms with Crippen LogP contribution < -0.4 is 5.73 Å². The summed E-state index contributed by atoms with van der Waals surface area (Å²) in [5, 5.41) is 8.70. The number of hydrogen-bond acceptors (Lipinski definition) is 4. The molecule has 0 saturated heterocycles. The first-order valence-corrected chi connectivity index (χ1v) is 6.12. The van der Waals surface area contributed by atoms with Crippen LogP contribution in [0.5, 0.6) is 0 Å². The van der Waals surface area contributed by atoms with Crippen LogP contribution in [-0.2, 0) is 11.3 Å². The van der Waals surface area contributed by atoms with E-state index in [0.29, 0.717) is 16.8 Å². The molecule has 0 unspecified atom stereocenters. The lowest BCUT2D eigenvalue weighted by Crippen LogP contribution is -2.06. The molecule has 2 aromatic rings. The smallest absolute Gasteiger partial charge is 0.338 e. The normalized spacial score (nSPS) is 9.80. The molecule has 0 aromatic heterocycles. The Morgan fingerprint density at radius 1 is 1.25 bits per heavy atom. The van der Waals surface area contributed by atoms with Crippen LogP contribution in [0.15, 0.2) is 42.5 Å². The number of hydrogen-bond donors (Lipinski definition) is 1. The average molecular weight is 266 g/mol. The maximum absolute atomic E-state index is 11.9. The van der Waals surface area contributed by atoms with E-state index in [0.717, 1.165) is 11.1 Å². The molecule has 0 spiro atoms. The van der Waals surface area contributed by atoms with Gasteiger partial charge in [-0.2, -0.15) is 5.26 Å². The zero-order valence-electron chi connectivity index (χ0n) is 11.1. The van der Waals surface area contributed by atoms with Crippen molar-refractivity contribution in [1.29, 1.82) is 5.26 Å². The molecule has 0 bridgehead atoms. The van der Waals surface area contributed by atoms with Gasteiger partial charge in [0.25, 0.3) is 0 Å². The van der Waals surface area contributed by atoms with Crippen LogP contribution in [0.3, 0.4) is 0 Å². The average Bonchev–Trinajstić information content (AvgIpc) is 2.48. The van der Waals surface area contributed by atoms with E-state index in [1.807, 2.05) is 13.0 Å². The Morgan fingerprint density at radius 2 is 1.95 bits per heavy atom. The van der Waals surface area contributed by atoms with Crippen LogP contribution >= 0.6 is 0 Å². The summed E-state index contributed by atoms with van der Waals surface area (Å²) in [7, 11) is 0. The summed E-state index contributed by atoms with van der Waals surface area (Å²) >= 11 is 0. The number of nitrogens with zero attached hydrogens (tertiary/aromatic N) is 1. The highest BCUT2D eigenvalue weighted by Gasteiger charge is 2.08. The highest BCUT2D eigenvalue weighted by molar-refractivity contribution is 5.90. The van der Waals surface area contributed by atoms with Crippen molar-refractivity contribution < 1.29 is 9.53 Å². The minimum atomic E-state index is -0.391. The highest BCUT2D eigenvalue weighted by Crippen LogP contribution is 2.14. The maximum atomic E-state index is 11.9. The van der Waals surface area contributed by atoms with Gasteiger partial charge >= 0.3 is 5.97 Å². The minimum absolute atomic E-state index is 0.175. The second-order valence-electron chi connectivity index (χ2n) is 4.46. The van der Waals surface area contributed by atoms with Crippen molar-refractivity contribution in [2.24, 2.45) is 0 Å². The SMILES string of the molecule is Cc1cc(C(=O)OCc2ccc(C#N)cc2)ccc1N. The third kappa shape index (κ3) is 3.15. The van der Waals surface area contributed by atoms with Gasteiger partial charge in [-0.1, -0.05) is 12.1 Å². The van der Waals surface area contributed by atoms with E-state index >= 15 is 0 Å². The number of benzene rings is 2. The van der Waals surface area contributed by atoms with E-state index in [1.54, 1.807) is 42.5 Å². The molecule has 4 heteroatoms. The van der Waals surface area contributed by atoms with E-state index in [2.05, 4.69) is 0 Å². The lowest BCUT2D eigenvalue weighted by atomic mass is 10.1. The highest BCUT2D eigenvalue weighted by atomic mass is 16.5. The molecule has 0 heterocycles. The van der Waals surface area contributed by atoms with Gasteiger partial charge in [0.2, 0.25) is 0 Å². The van der Waals surface area contributed by atoms with Gasteiger partial charge in [0.1, 0.15) is 6.61 Å². The van der Waals surface area contributed by atoms with Crippen molar-refractivity contribution >= 4 is 11.7 Å². The standard InChI is InChI=1S/C16H14N2O2/c1-11-8-14(6-7-15(11)18)16(19)20-10-13-4-2-12(9-17)3-5-13/h2-8H,10,18H2,1H3. The summed E-state index contributed by atoms with van der Waals surface area (Å²) in [5.41, 5.74) is 9.09. The Balaban J connectivity index is 2.01. The molecule has 0 saturated carbocycles. The summed E-state index contributed by atoms with van der Waals surface area (Å²) in [5.74, 6) is -0.391. The second kappa shape index (κ2) is 5.89. The quantitative estimate of drug-likeness (QED) is 0.684. The molecule has 0 aliphatic heterocycles. The number of nitrogen functional groups attached to an aromatic ring is 1. The fourth-order valence-corrected chi connectivity index (χ4v) is 1.71. The monoisotopic (exact) mass is 266 g/mol. The van der Waals surface area contributed by atoms with Gasteiger partial charge in [-0.25, -0.2) is 4.79 Å². The predicted molar refractivity (Wildman–Crippen MR) is 75.9 cm³/mol. The third-order valence-electron chi connectivity index (χ3n) is 2.96. The van der Waals surface area contributed by atoms with Gasteiger partial charge in [-0.3, -0.25) is 0 Å². The topological polar surface area (TPSA) is 76.1 Å². The lowest BCUT2D eigenvalue weighted by molar-refractivity contribution is 0.0472. The van der Waals surface area contributed by atoms with Gasteiger partial charge in [-0.05, 0) is 48.4 Å². The van der Waals surface area contributed by atoms with Crippen molar-refractivity contribution in [3.63, 3.8) is 0 Å². The molecule has 20 heavy (non-hydrogen) atoms. The maximum Gasteiger partial charge on any atom is 0.338 e. The minimum Gasteiger partial charge on any atom is -0.457 e. The first-order valence-electron chi connectivity index (χ1n) is 6.12. The van der Waals surface area contributed by atoms with E-state index in [4.69, 9.17) is 15.7 Å². The van der Waals surface area contributed by atoms with Crippen LogP contribution in [0.25, 0.3) is 0 Å². The largest absolute Gasteiger partial charge is 0.457 e. The molecule has 0 fully saturated rings. The molecule has 0 atom stereocenters. The predicted octanol–water partition coefficient (Wildman–Crippen LogP) is 2.81. The Kier molecular flexibility index (Phi) is 4.02. The first kappa shape index (κ1) is 13.6. The summed E-state index contributed by atoms with van der Waals surface area (Å²) in [6.45, 7) is 2.01. The number of carbonyl (C=O) groups is 1. The van der Waals surface area contributed by atoms with Crippen LogP contribution in [0.1, 0.15) is 27.0 Å². The Labute approximate surface area is 117 Å². The summed E-state index contributed by atoms with van der Waals surface area (Å²) in [4.78, 5) is 11.9. The lowest BCUT2D eigenvalue weighted by Gasteiger charge is -2.07. The molecule has 4 nitrogen and oxygen atoms in total. The fourth-order valence-electron chi connectivity index (χ4n) is 1.71. The molecule has 100 valence electrons. The third-order valence-corrected chi connectivity index (χ3v) is 2.96. The van der Waals surface area contributed by atoms with Gasteiger partial charge < -0.3 is 10.5 Å². The number of carbonyl (C=O) groups excluding carboxylic acids is 1. The van der Waals surface area contributed by atoms with Crippen molar-refractivity contribution in [3.8, 4) is 6.07 Å². The molecule has 0 radical (unpaired) electrons. The number of aryl methyl sites for hydroxylation is 1.